The van der Waals surface area contributed by atoms with Crippen LogP contribution in [0.5, 0.6) is 0 Å². The molecule has 1 aliphatic rings. The lowest BCUT2D eigenvalue weighted by molar-refractivity contribution is -0.383. The molecule has 2 rings (SSSR count). The molecule has 1 fully saturated rings. The van der Waals surface area contributed by atoms with Crippen molar-refractivity contribution in [2.45, 2.75) is 32.2 Å². The monoisotopic (exact) mass is 297 g/mol. The Morgan fingerprint density at radius 2 is 2.15 bits per heavy atom. The average molecular weight is 298 g/mol. The van der Waals surface area contributed by atoms with Gasteiger partial charge < -0.3 is 10.2 Å². The number of piperidine rings is 1. The van der Waals surface area contributed by atoms with Crippen LogP contribution in [-0.2, 0) is 0 Å². The topological polar surface area (TPSA) is 58.4 Å². The summed E-state index contributed by atoms with van der Waals surface area (Å²) in [6.07, 6.45) is 3.17. The van der Waals surface area contributed by atoms with Gasteiger partial charge in [0.2, 0.25) is 0 Å². The van der Waals surface area contributed by atoms with Crippen molar-refractivity contribution in [3.05, 3.63) is 33.3 Å². The Balaban J connectivity index is 2.01. The third-order valence-corrected chi connectivity index (χ3v) is 3.96. The van der Waals surface area contributed by atoms with Gasteiger partial charge >= 0.3 is 5.69 Å². The van der Waals surface area contributed by atoms with Gasteiger partial charge in [-0.15, -0.1) is 0 Å². The van der Waals surface area contributed by atoms with E-state index in [-0.39, 0.29) is 16.8 Å². The molecule has 5 nitrogen and oxygen atoms in total. The maximum Gasteiger partial charge on any atom is 0.310 e. The minimum Gasteiger partial charge on any atom is -0.377 e. The van der Waals surface area contributed by atoms with Crippen LogP contribution >= 0.6 is 11.6 Å². The van der Waals surface area contributed by atoms with Crippen LogP contribution in [0.1, 0.15) is 26.2 Å². The highest BCUT2D eigenvalue weighted by Crippen LogP contribution is 2.33. The Morgan fingerprint density at radius 3 is 2.75 bits per heavy atom. The summed E-state index contributed by atoms with van der Waals surface area (Å²) in [7, 11) is 0. The fourth-order valence-electron chi connectivity index (χ4n) is 2.65. The number of halogens is 1. The van der Waals surface area contributed by atoms with E-state index in [0.717, 1.165) is 38.9 Å². The predicted octanol–water partition coefficient (Wildman–Crippen LogP) is 3.53. The number of anilines is 1. The van der Waals surface area contributed by atoms with Crippen molar-refractivity contribution < 1.29 is 4.92 Å². The second-order valence-corrected chi connectivity index (χ2v) is 5.56. The quantitative estimate of drug-likeness (QED) is 0.667. The van der Waals surface area contributed by atoms with E-state index in [9.17, 15) is 10.1 Å². The van der Waals surface area contributed by atoms with E-state index in [1.165, 1.54) is 0 Å². The molecule has 0 atom stereocenters. The average Bonchev–Trinajstić information content (AvgIpc) is 2.41. The number of hydrogen-bond acceptors (Lipinski definition) is 4. The highest BCUT2D eigenvalue weighted by molar-refractivity contribution is 6.33. The van der Waals surface area contributed by atoms with E-state index in [1.54, 1.807) is 18.2 Å². The SMILES string of the molecule is CCCN1CCC(Nc2cccc(Cl)c2[N+](=O)[O-])CC1. The third kappa shape index (κ3) is 3.61. The van der Waals surface area contributed by atoms with Crippen molar-refractivity contribution in [1.29, 1.82) is 0 Å². The van der Waals surface area contributed by atoms with Crippen molar-refractivity contribution in [3.63, 3.8) is 0 Å². The molecule has 1 aliphatic heterocycles. The highest BCUT2D eigenvalue weighted by Gasteiger charge is 2.23. The number of rotatable bonds is 5. The molecule has 20 heavy (non-hydrogen) atoms. The molecule has 0 unspecified atom stereocenters. The first-order valence-corrected chi connectivity index (χ1v) is 7.41. The Bertz CT molecular complexity index is 473. The normalized spacial score (nSPS) is 17.1. The first-order valence-electron chi connectivity index (χ1n) is 7.03. The van der Waals surface area contributed by atoms with Gasteiger partial charge in [0.05, 0.1) is 4.92 Å². The molecule has 0 saturated carbocycles. The highest BCUT2D eigenvalue weighted by atomic mass is 35.5. The van der Waals surface area contributed by atoms with Crippen LogP contribution in [0.25, 0.3) is 0 Å². The van der Waals surface area contributed by atoms with E-state index in [0.29, 0.717) is 5.69 Å². The maximum absolute atomic E-state index is 11.1. The van der Waals surface area contributed by atoms with Crippen molar-refractivity contribution in [2.24, 2.45) is 0 Å². The largest absolute Gasteiger partial charge is 0.377 e. The number of likely N-dealkylation sites (tertiary alicyclic amines) is 1. The lowest BCUT2D eigenvalue weighted by Crippen LogP contribution is -2.39. The number of nitro groups is 1. The molecular weight excluding hydrogens is 278 g/mol. The minimum atomic E-state index is -0.420. The first-order chi connectivity index (χ1) is 9.61. The zero-order valence-electron chi connectivity index (χ0n) is 11.6. The standard InChI is InChI=1S/C14H20ClN3O2/c1-2-8-17-9-6-11(7-10-17)16-13-5-3-4-12(15)14(13)18(19)20/h3-5,11,16H,2,6-10H2,1H3. The smallest absolute Gasteiger partial charge is 0.310 e. The molecule has 110 valence electrons. The summed E-state index contributed by atoms with van der Waals surface area (Å²) < 4.78 is 0. The van der Waals surface area contributed by atoms with Crippen LogP contribution in [0.3, 0.4) is 0 Å². The molecule has 0 radical (unpaired) electrons. The van der Waals surface area contributed by atoms with E-state index >= 15 is 0 Å². The summed E-state index contributed by atoms with van der Waals surface area (Å²) in [5.74, 6) is 0. The van der Waals surface area contributed by atoms with Gasteiger partial charge in [-0.2, -0.15) is 0 Å². The number of nitrogens with one attached hydrogen (secondary N) is 1. The lowest BCUT2D eigenvalue weighted by Gasteiger charge is -2.32. The van der Waals surface area contributed by atoms with Gasteiger partial charge in [-0.1, -0.05) is 24.6 Å². The summed E-state index contributed by atoms with van der Waals surface area (Å²) in [4.78, 5) is 13.1. The maximum atomic E-state index is 11.1. The molecule has 0 spiro atoms. The molecule has 0 amide bonds. The second-order valence-electron chi connectivity index (χ2n) is 5.15. The number of para-hydroxylation sites is 1. The van der Waals surface area contributed by atoms with Crippen molar-refractivity contribution in [2.75, 3.05) is 25.0 Å². The molecule has 1 heterocycles. The van der Waals surface area contributed by atoms with Crippen molar-refractivity contribution in [1.82, 2.24) is 4.90 Å². The van der Waals surface area contributed by atoms with Crippen LogP contribution in [-0.4, -0.2) is 35.5 Å². The zero-order chi connectivity index (χ0) is 14.5. The summed E-state index contributed by atoms with van der Waals surface area (Å²) in [5.41, 5.74) is 0.501. The summed E-state index contributed by atoms with van der Waals surface area (Å²) in [5, 5.41) is 14.6. The molecular formula is C14H20ClN3O2. The summed E-state index contributed by atoms with van der Waals surface area (Å²) in [6, 6.07) is 5.29. The molecule has 6 heteroatoms. The molecule has 0 bridgehead atoms. The minimum absolute atomic E-state index is 0.0230. The molecule has 0 aromatic heterocycles. The number of hydrogen-bond donors (Lipinski definition) is 1. The third-order valence-electron chi connectivity index (χ3n) is 3.66. The Hall–Kier alpha value is -1.33. The van der Waals surface area contributed by atoms with Gasteiger partial charge in [0.15, 0.2) is 0 Å². The van der Waals surface area contributed by atoms with Crippen LogP contribution < -0.4 is 5.32 Å². The fraction of sp³-hybridized carbons (Fsp3) is 0.571. The van der Waals surface area contributed by atoms with E-state index in [1.807, 2.05) is 0 Å². The van der Waals surface area contributed by atoms with Crippen LogP contribution in [0.15, 0.2) is 18.2 Å². The van der Waals surface area contributed by atoms with Gasteiger partial charge in [0, 0.05) is 19.1 Å². The van der Waals surface area contributed by atoms with Crippen LogP contribution in [0, 0.1) is 10.1 Å². The number of nitro benzene ring substituents is 1. The summed E-state index contributed by atoms with van der Waals surface area (Å²) >= 11 is 5.92. The molecule has 1 N–H and O–H groups in total. The van der Waals surface area contributed by atoms with Crippen LogP contribution in [0.4, 0.5) is 11.4 Å². The first kappa shape index (κ1) is 15.1. The van der Waals surface area contributed by atoms with E-state index in [4.69, 9.17) is 11.6 Å². The molecule has 1 saturated heterocycles. The van der Waals surface area contributed by atoms with Crippen molar-refractivity contribution >= 4 is 23.0 Å². The van der Waals surface area contributed by atoms with Gasteiger partial charge in [-0.05, 0) is 37.9 Å². The Morgan fingerprint density at radius 1 is 1.45 bits per heavy atom. The lowest BCUT2D eigenvalue weighted by atomic mass is 10.0. The van der Waals surface area contributed by atoms with Gasteiger partial charge in [0.25, 0.3) is 0 Å². The Kier molecular flexibility index (Phi) is 5.20. The van der Waals surface area contributed by atoms with E-state index < -0.39 is 4.92 Å². The van der Waals surface area contributed by atoms with Gasteiger partial charge in [-0.25, -0.2) is 0 Å². The number of nitrogens with zero attached hydrogens (tertiary/aromatic N) is 2. The molecule has 1 aromatic rings. The van der Waals surface area contributed by atoms with Crippen LogP contribution in [0.2, 0.25) is 5.02 Å². The second kappa shape index (κ2) is 6.90. The van der Waals surface area contributed by atoms with Gasteiger partial charge in [0.1, 0.15) is 10.7 Å². The Labute approximate surface area is 124 Å². The van der Waals surface area contributed by atoms with Crippen molar-refractivity contribution in [3.8, 4) is 0 Å². The fourth-order valence-corrected chi connectivity index (χ4v) is 2.90. The molecule has 1 aromatic carbocycles. The molecule has 0 aliphatic carbocycles. The predicted molar refractivity (Wildman–Crippen MR) is 81.5 cm³/mol. The summed E-state index contributed by atoms with van der Waals surface area (Å²) in [6.45, 7) is 5.39. The number of benzene rings is 1. The van der Waals surface area contributed by atoms with E-state index in [2.05, 4.69) is 17.1 Å². The zero-order valence-corrected chi connectivity index (χ0v) is 12.4. The van der Waals surface area contributed by atoms with Gasteiger partial charge in [-0.3, -0.25) is 10.1 Å².